The van der Waals surface area contributed by atoms with Crippen molar-refractivity contribution in [1.82, 2.24) is 9.55 Å². The van der Waals surface area contributed by atoms with Gasteiger partial charge in [-0.3, -0.25) is 4.79 Å². The predicted octanol–water partition coefficient (Wildman–Crippen LogP) is 2.01. The van der Waals surface area contributed by atoms with Crippen LogP contribution in [0.15, 0.2) is 17.2 Å². The third-order valence-electron chi connectivity index (χ3n) is 4.37. The Morgan fingerprint density at radius 3 is 2.65 bits per heavy atom. The SMILES string of the molecule is NC1(COc2nccn(C3CC3)c2=O)CCCCCC1. The lowest BCUT2D eigenvalue weighted by atomic mass is 9.93. The summed E-state index contributed by atoms with van der Waals surface area (Å²) in [6.45, 7) is 0.393. The third-order valence-corrected chi connectivity index (χ3v) is 4.37. The van der Waals surface area contributed by atoms with Gasteiger partial charge in [0.2, 0.25) is 0 Å². The molecule has 3 rings (SSSR count). The van der Waals surface area contributed by atoms with Crippen molar-refractivity contribution in [3.8, 4) is 5.88 Å². The lowest BCUT2D eigenvalue weighted by Crippen LogP contribution is -2.45. The molecule has 2 aliphatic carbocycles. The minimum atomic E-state index is -0.301. The van der Waals surface area contributed by atoms with E-state index in [1.807, 2.05) is 0 Å². The second kappa shape index (κ2) is 5.56. The van der Waals surface area contributed by atoms with Crippen LogP contribution in [0.2, 0.25) is 0 Å². The summed E-state index contributed by atoms with van der Waals surface area (Å²) in [5, 5.41) is 0. The van der Waals surface area contributed by atoms with E-state index in [1.54, 1.807) is 17.0 Å². The molecule has 1 heterocycles. The summed E-state index contributed by atoms with van der Waals surface area (Å²) in [5.41, 5.74) is 5.99. The molecule has 2 saturated carbocycles. The summed E-state index contributed by atoms with van der Waals surface area (Å²) in [6, 6.07) is 0.345. The summed E-state index contributed by atoms with van der Waals surface area (Å²) in [4.78, 5) is 16.3. The number of nitrogens with zero attached hydrogens (tertiary/aromatic N) is 2. The molecular weight excluding hydrogens is 254 g/mol. The van der Waals surface area contributed by atoms with Gasteiger partial charge >= 0.3 is 5.56 Å². The second-order valence-electron chi connectivity index (χ2n) is 6.24. The first-order valence-corrected chi connectivity index (χ1v) is 7.67. The van der Waals surface area contributed by atoms with Crippen LogP contribution in [0, 0.1) is 0 Å². The van der Waals surface area contributed by atoms with E-state index in [0.29, 0.717) is 12.6 Å². The molecule has 0 bridgehead atoms. The highest BCUT2D eigenvalue weighted by Gasteiger charge is 2.29. The lowest BCUT2D eigenvalue weighted by Gasteiger charge is -2.27. The third kappa shape index (κ3) is 3.03. The van der Waals surface area contributed by atoms with E-state index in [9.17, 15) is 4.79 Å². The first-order chi connectivity index (χ1) is 9.68. The highest BCUT2D eigenvalue weighted by molar-refractivity contribution is 5.07. The first kappa shape index (κ1) is 13.6. The summed E-state index contributed by atoms with van der Waals surface area (Å²) in [6.07, 6.45) is 12.3. The second-order valence-corrected chi connectivity index (χ2v) is 6.24. The van der Waals surface area contributed by atoms with Gasteiger partial charge in [0.25, 0.3) is 5.88 Å². The van der Waals surface area contributed by atoms with Crippen LogP contribution in [0.1, 0.15) is 57.4 Å². The molecule has 0 saturated heterocycles. The number of ether oxygens (including phenoxy) is 1. The largest absolute Gasteiger partial charge is 0.472 e. The molecule has 0 spiro atoms. The van der Waals surface area contributed by atoms with Crippen molar-refractivity contribution in [3.63, 3.8) is 0 Å². The Balaban J connectivity index is 1.68. The fraction of sp³-hybridized carbons (Fsp3) is 0.733. The molecule has 0 amide bonds. The van der Waals surface area contributed by atoms with Gasteiger partial charge in [-0.25, -0.2) is 4.98 Å². The molecule has 0 radical (unpaired) electrons. The predicted molar refractivity (Wildman–Crippen MR) is 76.9 cm³/mol. The normalized spacial score (nSPS) is 22.2. The molecule has 1 aromatic rings. The van der Waals surface area contributed by atoms with Gasteiger partial charge in [-0.1, -0.05) is 25.7 Å². The molecule has 0 atom stereocenters. The van der Waals surface area contributed by atoms with Crippen LogP contribution in [-0.4, -0.2) is 21.7 Å². The van der Waals surface area contributed by atoms with Crippen LogP contribution >= 0.6 is 0 Å². The summed E-state index contributed by atoms with van der Waals surface area (Å²) in [5.74, 6) is 0.202. The Bertz CT molecular complexity index is 514. The minimum Gasteiger partial charge on any atom is -0.472 e. The Labute approximate surface area is 119 Å². The molecule has 0 aliphatic heterocycles. The number of nitrogens with two attached hydrogens (primary N) is 1. The first-order valence-electron chi connectivity index (χ1n) is 7.67. The van der Waals surface area contributed by atoms with Gasteiger partial charge < -0.3 is 15.0 Å². The van der Waals surface area contributed by atoms with Crippen molar-refractivity contribution in [2.75, 3.05) is 6.61 Å². The van der Waals surface area contributed by atoms with E-state index in [4.69, 9.17) is 10.5 Å². The summed E-state index contributed by atoms with van der Waals surface area (Å²) < 4.78 is 7.42. The van der Waals surface area contributed by atoms with E-state index in [2.05, 4.69) is 4.98 Å². The molecule has 2 aliphatic rings. The Kier molecular flexibility index (Phi) is 3.78. The van der Waals surface area contributed by atoms with Crippen molar-refractivity contribution < 1.29 is 4.74 Å². The zero-order valence-electron chi connectivity index (χ0n) is 11.9. The maximum Gasteiger partial charge on any atom is 0.313 e. The van der Waals surface area contributed by atoms with Gasteiger partial charge in [-0.05, 0) is 25.7 Å². The van der Waals surface area contributed by atoms with Gasteiger partial charge in [-0.15, -0.1) is 0 Å². The summed E-state index contributed by atoms with van der Waals surface area (Å²) in [7, 11) is 0. The lowest BCUT2D eigenvalue weighted by molar-refractivity contribution is 0.190. The number of rotatable bonds is 4. The molecule has 0 aromatic carbocycles. The molecule has 5 heteroatoms. The monoisotopic (exact) mass is 277 g/mol. The standard InChI is InChI=1S/C15H23N3O2/c16-15(7-3-1-2-4-8-15)11-20-13-14(19)18(10-9-17-13)12-5-6-12/h9-10,12H,1-8,11,16H2. The van der Waals surface area contributed by atoms with Crippen LogP contribution in [0.4, 0.5) is 0 Å². The Hall–Kier alpha value is -1.36. The average Bonchev–Trinajstić information content (AvgIpc) is 3.26. The average molecular weight is 277 g/mol. The van der Waals surface area contributed by atoms with Gasteiger partial charge in [0.15, 0.2) is 0 Å². The highest BCUT2D eigenvalue weighted by Crippen LogP contribution is 2.33. The fourth-order valence-electron chi connectivity index (χ4n) is 2.93. The smallest absolute Gasteiger partial charge is 0.313 e. The van der Waals surface area contributed by atoms with Crippen molar-refractivity contribution in [2.45, 2.75) is 62.9 Å². The molecule has 2 fully saturated rings. The number of hydrogen-bond donors (Lipinski definition) is 1. The van der Waals surface area contributed by atoms with Crippen molar-refractivity contribution in [1.29, 1.82) is 0 Å². The summed E-state index contributed by atoms with van der Waals surface area (Å²) >= 11 is 0. The highest BCUT2D eigenvalue weighted by atomic mass is 16.5. The van der Waals surface area contributed by atoms with E-state index < -0.39 is 0 Å². The number of aromatic nitrogens is 2. The van der Waals surface area contributed by atoms with E-state index in [1.165, 1.54) is 12.8 Å². The fourth-order valence-corrected chi connectivity index (χ4v) is 2.93. The molecule has 20 heavy (non-hydrogen) atoms. The van der Waals surface area contributed by atoms with Gasteiger partial charge in [-0.2, -0.15) is 0 Å². The zero-order chi connectivity index (χ0) is 14.0. The van der Waals surface area contributed by atoms with Crippen molar-refractivity contribution in [3.05, 3.63) is 22.7 Å². The van der Waals surface area contributed by atoms with Crippen LogP contribution in [0.3, 0.4) is 0 Å². The van der Waals surface area contributed by atoms with Crippen LogP contribution < -0.4 is 16.0 Å². The molecular formula is C15H23N3O2. The Morgan fingerprint density at radius 1 is 1.30 bits per heavy atom. The topological polar surface area (TPSA) is 70.1 Å². The minimum absolute atomic E-state index is 0.118. The van der Waals surface area contributed by atoms with E-state index >= 15 is 0 Å². The molecule has 0 unspecified atom stereocenters. The molecule has 2 N–H and O–H groups in total. The van der Waals surface area contributed by atoms with Crippen LogP contribution in [0.5, 0.6) is 5.88 Å². The maximum atomic E-state index is 12.2. The van der Waals surface area contributed by atoms with E-state index in [0.717, 1.165) is 38.5 Å². The molecule has 1 aromatic heterocycles. The maximum absolute atomic E-state index is 12.2. The quantitative estimate of drug-likeness (QED) is 0.855. The van der Waals surface area contributed by atoms with Gasteiger partial charge in [0.1, 0.15) is 6.61 Å². The van der Waals surface area contributed by atoms with Crippen molar-refractivity contribution >= 4 is 0 Å². The van der Waals surface area contributed by atoms with Crippen LogP contribution in [0.25, 0.3) is 0 Å². The van der Waals surface area contributed by atoms with Crippen molar-refractivity contribution in [2.24, 2.45) is 5.73 Å². The molecule has 110 valence electrons. The van der Waals surface area contributed by atoms with Crippen LogP contribution in [-0.2, 0) is 0 Å². The van der Waals surface area contributed by atoms with Gasteiger partial charge in [0, 0.05) is 18.4 Å². The Morgan fingerprint density at radius 2 is 2.00 bits per heavy atom. The molecule has 5 nitrogen and oxygen atoms in total. The zero-order valence-corrected chi connectivity index (χ0v) is 11.9. The number of hydrogen-bond acceptors (Lipinski definition) is 4. The van der Waals surface area contributed by atoms with Gasteiger partial charge in [0.05, 0.1) is 5.54 Å². The van der Waals surface area contributed by atoms with E-state index in [-0.39, 0.29) is 17.0 Å².